The summed E-state index contributed by atoms with van der Waals surface area (Å²) >= 11 is 0. The lowest BCUT2D eigenvalue weighted by molar-refractivity contribution is 0.124. The van der Waals surface area contributed by atoms with E-state index in [0.29, 0.717) is 12.1 Å². The van der Waals surface area contributed by atoms with Crippen molar-refractivity contribution in [3.63, 3.8) is 0 Å². The molecule has 2 aliphatic rings. The molecule has 2 fully saturated rings. The predicted octanol–water partition coefficient (Wildman–Crippen LogP) is 2.81. The Morgan fingerprint density at radius 2 is 1.88 bits per heavy atom. The second-order valence-electron chi connectivity index (χ2n) is 6.60. The fraction of sp³-hybridized carbons (Fsp3) is 0.474. The molecule has 0 amide bonds. The van der Waals surface area contributed by atoms with E-state index < -0.39 is 0 Å². The van der Waals surface area contributed by atoms with E-state index in [4.69, 9.17) is 4.74 Å². The van der Waals surface area contributed by atoms with Crippen molar-refractivity contribution in [1.82, 2.24) is 14.9 Å². The lowest BCUT2D eigenvalue weighted by atomic mass is 10.0. The number of nitrogens with zero attached hydrogens (tertiary/aromatic N) is 3. The first kappa shape index (κ1) is 15.5. The van der Waals surface area contributed by atoms with E-state index >= 15 is 0 Å². The smallest absolute Gasteiger partial charge is 0.161 e. The minimum atomic E-state index is 0.488. The third kappa shape index (κ3) is 3.57. The van der Waals surface area contributed by atoms with E-state index in [-0.39, 0.29) is 0 Å². The molecule has 5 nitrogen and oxygen atoms in total. The Hall–Kier alpha value is -1.98. The Morgan fingerprint density at radius 3 is 2.62 bits per heavy atom. The van der Waals surface area contributed by atoms with Gasteiger partial charge in [0.1, 0.15) is 5.82 Å². The number of hydrogen-bond acceptors (Lipinski definition) is 5. The van der Waals surface area contributed by atoms with Gasteiger partial charge in [-0.3, -0.25) is 4.90 Å². The normalized spacial score (nSPS) is 22.6. The van der Waals surface area contributed by atoms with Crippen molar-refractivity contribution < 1.29 is 4.74 Å². The first-order valence-electron chi connectivity index (χ1n) is 8.85. The molecule has 1 aromatic heterocycles. The van der Waals surface area contributed by atoms with Gasteiger partial charge in [0, 0.05) is 43.5 Å². The van der Waals surface area contributed by atoms with Crippen molar-refractivity contribution in [2.45, 2.75) is 31.3 Å². The molecule has 126 valence electrons. The molecule has 1 N–H and O–H groups in total. The number of aromatic nitrogens is 2. The highest BCUT2D eigenvalue weighted by Gasteiger charge is 2.27. The van der Waals surface area contributed by atoms with Gasteiger partial charge in [0.2, 0.25) is 0 Å². The van der Waals surface area contributed by atoms with E-state index in [0.717, 1.165) is 56.4 Å². The molecule has 0 unspecified atom stereocenters. The van der Waals surface area contributed by atoms with Gasteiger partial charge in [0.05, 0.1) is 6.61 Å². The Bertz CT molecular complexity index is 649. The number of piperidine rings is 1. The summed E-state index contributed by atoms with van der Waals surface area (Å²) in [6, 6.07) is 13.2. The van der Waals surface area contributed by atoms with Crippen LogP contribution in [0.15, 0.2) is 42.6 Å². The summed E-state index contributed by atoms with van der Waals surface area (Å²) < 4.78 is 5.51. The first-order chi connectivity index (χ1) is 11.9. The molecule has 2 aliphatic heterocycles. The summed E-state index contributed by atoms with van der Waals surface area (Å²) in [6.07, 6.45) is 5.33. The van der Waals surface area contributed by atoms with E-state index in [1.54, 1.807) is 0 Å². The van der Waals surface area contributed by atoms with Crippen LogP contribution in [-0.4, -0.2) is 53.3 Å². The maximum absolute atomic E-state index is 5.51. The zero-order chi connectivity index (χ0) is 16.2. The van der Waals surface area contributed by atoms with E-state index in [1.807, 2.05) is 42.6 Å². The van der Waals surface area contributed by atoms with Crippen LogP contribution in [0.2, 0.25) is 0 Å². The molecule has 2 saturated heterocycles. The standard InChI is InChI=1S/C19H24N4O/c1-2-4-15(5-3-1)19-20-10-6-18(22-19)21-16-7-11-23(12-8-16)17-9-13-24-14-17/h1-6,10,16-17H,7-9,11-14H2,(H,20,21,22)/t17-/m0/s1. The van der Waals surface area contributed by atoms with Crippen LogP contribution < -0.4 is 5.32 Å². The molecule has 1 aromatic carbocycles. The largest absolute Gasteiger partial charge is 0.380 e. The second kappa shape index (κ2) is 7.28. The first-order valence-corrected chi connectivity index (χ1v) is 8.85. The van der Waals surface area contributed by atoms with Gasteiger partial charge < -0.3 is 10.1 Å². The molecule has 0 spiro atoms. The van der Waals surface area contributed by atoms with Crippen molar-refractivity contribution in [1.29, 1.82) is 0 Å². The van der Waals surface area contributed by atoms with Crippen LogP contribution >= 0.6 is 0 Å². The highest BCUT2D eigenvalue weighted by atomic mass is 16.5. The average Bonchev–Trinajstić information content (AvgIpc) is 3.18. The predicted molar refractivity (Wildman–Crippen MR) is 94.9 cm³/mol. The lowest BCUT2D eigenvalue weighted by Gasteiger charge is -2.35. The molecule has 0 saturated carbocycles. The van der Waals surface area contributed by atoms with Crippen molar-refractivity contribution >= 4 is 5.82 Å². The van der Waals surface area contributed by atoms with Crippen LogP contribution in [0.4, 0.5) is 5.82 Å². The average molecular weight is 324 g/mol. The number of likely N-dealkylation sites (tertiary alicyclic amines) is 1. The van der Waals surface area contributed by atoms with Crippen LogP contribution in [0, 0.1) is 0 Å². The van der Waals surface area contributed by atoms with Crippen molar-refractivity contribution in [2.24, 2.45) is 0 Å². The summed E-state index contributed by atoms with van der Waals surface area (Å²) in [6.45, 7) is 4.11. The van der Waals surface area contributed by atoms with E-state index in [9.17, 15) is 0 Å². The van der Waals surface area contributed by atoms with Crippen molar-refractivity contribution in [3.05, 3.63) is 42.6 Å². The second-order valence-corrected chi connectivity index (χ2v) is 6.60. The molecular formula is C19H24N4O. The topological polar surface area (TPSA) is 50.3 Å². The molecule has 0 bridgehead atoms. The maximum Gasteiger partial charge on any atom is 0.161 e. The summed E-state index contributed by atoms with van der Waals surface area (Å²) in [4.78, 5) is 11.7. The third-order valence-corrected chi connectivity index (χ3v) is 4.99. The number of benzene rings is 1. The summed E-state index contributed by atoms with van der Waals surface area (Å²) in [5, 5.41) is 3.59. The Labute approximate surface area is 143 Å². The third-order valence-electron chi connectivity index (χ3n) is 4.99. The maximum atomic E-state index is 5.51. The molecule has 5 heteroatoms. The monoisotopic (exact) mass is 324 g/mol. The fourth-order valence-corrected chi connectivity index (χ4v) is 3.59. The van der Waals surface area contributed by atoms with Crippen LogP contribution in [0.3, 0.4) is 0 Å². The zero-order valence-electron chi connectivity index (χ0n) is 13.9. The number of hydrogen-bond donors (Lipinski definition) is 1. The molecule has 0 radical (unpaired) electrons. The quantitative estimate of drug-likeness (QED) is 0.937. The fourth-order valence-electron chi connectivity index (χ4n) is 3.59. The molecular weight excluding hydrogens is 300 g/mol. The van der Waals surface area contributed by atoms with Gasteiger partial charge in [-0.1, -0.05) is 30.3 Å². The minimum Gasteiger partial charge on any atom is -0.380 e. The highest BCUT2D eigenvalue weighted by Crippen LogP contribution is 2.21. The van der Waals surface area contributed by atoms with Gasteiger partial charge in [0.25, 0.3) is 0 Å². The highest BCUT2D eigenvalue weighted by molar-refractivity contribution is 5.56. The molecule has 2 aromatic rings. The Balaban J connectivity index is 1.36. The van der Waals surface area contributed by atoms with Crippen LogP contribution in [-0.2, 0) is 4.74 Å². The Morgan fingerprint density at radius 1 is 1.04 bits per heavy atom. The number of ether oxygens (including phenoxy) is 1. The summed E-state index contributed by atoms with van der Waals surface area (Å²) in [5.74, 6) is 1.70. The molecule has 1 atom stereocenters. The SMILES string of the molecule is c1ccc(-c2nccc(NC3CCN([C@H]4CCOC4)CC3)n2)cc1. The van der Waals surface area contributed by atoms with Gasteiger partial charge in [-0.2, -0.15) is 0 Å². The van der Waals surface area contributed by atoms with Crippen LogP contribution in [0.25, 0.3) is 11.4 Å². The molecule has 24 heavy (non-hydrogen) atoms. The molecule has 3 heterocycles. The van der Waals surface area contributed by atoms with Crippen molar-refractivity contribution in [2.75, 3.05) is 31.6 Å². The number of rotatable bonds is 4. The summed E-state index contributed by atoms with van der Waals surface area (Å²) in [7, 11) is 0. The summed E-state index contributed by atoms with van der Waals surface area (Å²) in [5.41, 5.74) is 1.05. The van der Waals surface area contributed by atoms with E-state index in [1.165, 1.54) is 6.42 Å². The molecule has 0 aliphatic carbocycles. The van der Waals surface area contributed by atoms with Gasteiger partial charge in [-0.05, 0) is 25.3 Å². The minimum absolute atomic E-state index is 0.488. The number of nitrogens with one attached hydrogen (secondary N) is 1. The van der Waals surface area contributed by atoms with Crippen LogP contribution in [0.1, 0.15) is 19.3 Å². The zero-order valence-corrected chi connectivity index (χ0v) is 13.9. The van der Waals surface area contributed by atoms with Gasteiger partial charge in [-0.15, -0.1) is 0 Å². The van der Waals surface area contributed by atoms with Gasteiger partial charge >= 0.3 is 0 Å². The van der Waals surface area contributed by atoms with E-state index in [2.05, 4.69) is 20.2 Å². The van der Waals surface area contributed by atoms with Gasteiger partial charge in [0.15, 0.2) is 5.82 Å². The Kier molecular flexibility index (Phi) is 4.71. The van der Waals surface area contributed by atoms with Gasteiger partial charge in [-0.25, -0.2) is 9.97 Å². The van der Waals surface area contributed by atoms with Crippen LogP contribution in [0.5, 0.6) is 0 Å². The molecule has 4 rings (SSSR count). The number of anilines is 1. The lowest BCUT2D eigenvalue weighted by Crippen LogP contribution is -2.44. The van der Waals surface area contributed by atoms with Crippen molar-refractivity contribution in [3.8, 4) is 11.4 Å².